The number of methoxy groups -OCH3 is 1. The average Bonchev–Trinajstić information content (AvgIpc) is 3.61. The van der Waals surface area contributed by atoms with Gasteiger partial charge in [-0.05, 0) is 67.5 Å². The zero-order chi connectivity index (χ0) is 31.6. The second kappa shape index (κ2) is 12.8. The molecule has 6 N–H and O–H groups in total. The van der Waals surface area contributed by atoms with Gasteiger partial charge in [0.15, 0.2) is 5.96 Å². The number of piperidine rings is 1. The van der Waals surface area contributed by atoms with Gasteiger partial charge >= 0.3 is 6.09 Å². The number of sulfonamides is 1. The van der Waals surface area contributed by atoms with Crippen molar-refractivity contribution in [3.05, 3.63) is 65.1 Å². The summed E-state index contributed by atoms with van der Waals surface area (Å²) in [5, 5.41) is 2.93. The van der Waals surface area contributed by atoms with Crippen molar-refractivity contribution in [3.63, 3.8) is 0 Å². The van der Waals surface area contributed by atoms with Gasteiger partial charge in [0.05, 0.1) is 25.1 Å². The van der Waals surface area contributed by atoms with Crippen LogP contribution in [0.5, 0.6) is 0 Å². The van der Waals surface area contributed by atoms with Crippen LogP contribution in [0.3, 0.4) is 0 Å². The summed E-state index contributed by atoms with van der Waals surface area (Å²) in [5.74, 6) is 0.700. The molecule has 0 bridgehead atoms. The van der Waals surface area contributed by atoms with Gasteiger partial charge in [0.1, 0.15) is 16.7 Å². The summed E-state index contributed by atoms with van der Waals surface area (Å²) in [6.45, 7) is 1.41. The van der Waals surface area contributed by atoms with Crippen LogP contribution in [0.1, 0.15) is 41.5 Å². The van der Waals surface area contributed by atoms with Crippen LogP contribution >= 0.6 is 11.6 Å². The maximum absolute atomic E-state index is 13.9. The molecule has 0 spiro atoms. The largest absolute Gasteiger partial charge is 0.453 e. The summed E-state index contributed by atoms with van der Waals surface area (Å²) < 4.78 is 30.3. The first-order valence-electron chi connectivity index (χ1n) is 14.1. The minimum atomic E-state index is -3.25. The SMILES string of the molecule is COC(=O)Nc1ccc(-c2nc(C3CC(C4CCN(S(C)(=O)=O)CC4)CN3C(=O)c3ccc(N=C(N)N)cc3)[nH]c2Cl)cc1. The Balaban J connectivity index is 1.41. The molecule has 2 atom stereocenters. The zero-order valence-corrected chi connectivity index (χ0v) is 25.9. The third-order valence-corrected chi connectivity index (χ3v) is 9.76. The van der Waals surface area contributed by atoms with Crippen molar-refractivity contribution < 1.29 is 22.7 Å². The number of aromatic nitrogens is 2. The first-order chi connectivity index (χ1) is 20.9. The lowest BCUT2D eigenvalue weighted by Gasteiger charge is -2.33. The molecule has 3 aromatic rings. The molecule has 2 unspecified atom stereocenters. The normalized spacial score (nSPS) is 19.5. The Morgan fingerprint density at radius 2 is 1.73 bits per heavy atom. The molecule has 0 aliphatic carbocycles. The second-order valence-electron chi connectivity index (χ2n) is 11.0. The van der Waals surface area contributed by atoms with Gasteiger partial charge in [-0.1, -0.05) is 23.7 Å². The van der Waals surface area contributed by atoms with Crippen LogP contribution < -0.4 is 16.8 Å². The minimum Gasteiger partial charge on any atom is -0.453 e. The first kappa shape index (κ1) is 31.3. The van der Waals surface area contributed by atoms with E-state index in [9.17, 15) is 18.0 Å². The highest BCUT2D eigenvalue weighted by Gasteiger charge is 2.42. The van der Waals surface area contributed by atoms with Gasteiger partial charge in [0, 0.05) is 36.4 Å². The number of benzene rings is 2. The molecule has 2 aliphatic rings. The van der Waals surface area contributed by atoms with Crippen molar-refractivity contribution in [2.45, 2.75) is 25.3 Å². The third kappa shape index (κ3) is 6.98. The fourth-order valence-electron chi connectivity index (χ4n) is 5.96. The van der Waals surface area contributed by atoms with E-state index >= 15 is 0 Å². The Hall–Kier alpha value is -4.14. The molecule has 2 saturated heterocycles. The molecule has 2 fully saturated rings. The molecular formula is C29H35ClN8O5S. The van der Waals surface area contributed by atoms with Gasteiger partial charge in [-0.2, -0.15) is 0 Å². The summed E-state index contributed by atoms with van der Waals surface area (Å²) in [6, 6.07) is 13.3. The molecule has 0 saturated carbocycles. The fourth-order valence-corrected chi connectivity index (χ4v) is 7.09. The molecule has 13 nitrogen and oxygen atoms in total. The van der Waals surface area contributed by atoms with Crippen molar-refractivity contribution in [3.8, 4) is 11.3 Å². The average molecular weight is 643 g/mol. The lowest BCUT2D eigenvalue weighted by molar-refractivity contribution is 0.0720. The number of halogens is 1. The minimum absolute atomic E-state index is 0.0756. The molecule has 0 radical (unpaired) electrons. The first-order valence-corrected chi connectivity index (χ1v) is 16.3. The number of nitrogens with zero attached hydrogens (tertiary/aromatic N) is 4. The highest BCUT2D eigenvalue weighted by Crippen LogP contribution is 2.43. The topological polar surface area (TPSA) is 189 Å². The number of hydrogen-bond acceptors (Lipinski definition) is 7. The monoisotopic (exact) mass is 642 g/mol. The van der Waals surface area contributed by atoms with Gasteiger partial charge in [-0.15, -0.1) is 0 Å². The van der Waals surface area contributed by atoms with E-state index in [1.807, 2.05) is 4.90 Å². The molecule has 2 aromatic carbocycles. The number of aliphatic imine (C=N–C) groups is 1. The van der Waals surface area contributed by atoms with Crippen LogP contribution in [-0.4, -0.2) is 78.6 Å². The number of nitrogens with two attached hydrogens (primary N) is 2. The van der Waals surface area contributed by atoms with Crippen LogP contribution in [0.15, 0.2) is 53.5 Å². The number of H-pyrrole nitrogens is 1. The van der Waals surface area contributed by atoms with Crippen molar-refractivity contribution in [1.82, 2.24) is 19.2 Å². The van der Waals surface area contributed by atoms with E-state index in [2.05, 4.69) is 20.0 Å². The quantitative estimate of drug-likeness (QED) is 0.222. The summed E-state index contributed by atoms with van der Waals surface area (Å²) in [6.07, 6.45) is 2.74. The number of likely N-dealkylation sites (tertiary alicyclic amines) is 1. The molecule has 3 heterocycles. The number of ether oxygens (including phenoxy) is 1. The number of rotatable bonds is 7. The predicted octanol–water partition coefficient (Wildman–Crippen LogP) is 3.69. The number of carbonyl (C=O) groups is 2. The molecule has 2 amide bonds. The highest BCUT2D eigenvalue weighted by atomic mass is 35.5. The van der Waals surface area contributed by atoms with Gasteiger partial charge in [-0.3, -0.25) is 10.1 Å². The van der Waals surface area contributed by atoms with Crippen molar-refractivity contribution in [2.24, 2.45) is 28.3 Å². The van der Waals surface area contributed by atoms with Crippen LogP contribution in [0.4, 0.5) is 16.2 Å². The molecule has 15 heteroatoms. The van der Waals surface area contributed by atoms with Crippen LogP contribution in [-0.2, 0) is 14.8 Å². The Morgan fingerprint density at radius 1 is 1.07 bits per heavy atom. The maximum atomic E-state index is 13.9. The van der Waals surface area contributed by atoms with Crippen molar-refractivity contribution in [2.75, 3.05) is 38.3 Å². The van der Waals surface area contributed by atoms with E-state index in [0.717, 1.165) is 18.4 Å². The van der Waals surface area contributed by atoms with E-state index in [1.54, 1.807) is 48.5 Å². The number of nitrogens with one attached hydrogen (secondary N) is 2. The Labute approximate surface area is 260 Å². The molecule has 44 heavy (non-hydrogen) atoms. The lowest BCUT2D eigenvalue weighted by atomic mass is 9.83. The molecule has 1 aromatic heterocycles. The maximum Gasteiger partial charge on any atom is 0.411 e. The summed E-state index contributed by atoms with van der Waals surface area (Å²) in [5.41, 5.74) is 13.8. The number of amides is 2. The van der Waals surface area contributed by atoms with Gasteiger partial charge in [-0.25, -0.2) is 27.5 Å². The van der Waals surface area contributed by atoms with E-state index in [-0.39, 0.29) is 29.7 Å². The Bertz CT molecular complexity index is 1650. The van der Waals surface area contributed by atoms with E-state index in [1.165, 1.54) is 17.7 Å². The smallest absolute Gasteiger partial charge is 0.411 e. The molecule has 5 rings (SSSR count). The Morgan fingerprint density at radius 3 is 2.32 bits per heavy atom. The van der Waals surface area contributed by atoms with Crippen molar-refractivity contribution >= 4 is 51.0 Å². The van der Waals surface area contributed by atoms with E-state index in [0.29, 0.717) is 59.7 Å². The summed E-state index contributed by atoms with van der Waals surface area (Å²) in [7, 11) is -1.96. The van der Waals surface area contributed by atoms with Crippen LogP contribution in [0.2, 0.25) is 5.15 Å². The second-order valence-corrected chi connectivity index (χ2v) is 13.4. The lowest BCUT2D eigenvalue weighted by Crippen LogP contribution is -2.40. The van der Waals surface area contributed by atoms with Crippen LogP contribution in [0, 0.1) is 11.8 Å². The summed E-state index contributed by atoms with van der Waals surface area (Å²) >= 11 is 6.65. The zero-order valence-electron chi connectivity index (χ0n) is 24.4. The van der Waals surface area contributed by atoms with Crippen LogP contribution in [0.25, 0.3) is 11.3 Å². The molecule has 234 valence electrons. The number of carbonyl (C=O) groups excluding carboxylic acids is 2. The highest BCUT2D eigenvalue weighted by molar-refractivity contribution is 7.88. The van der Waals surface area contributed by atoms with Crippen molar-refractivity contribution in [1.29, 1.82) is 0 Å². The van der Waals surface area contributed by atoms with Gasteiger partial charge < -0.3 is 26.1 Å². The van der Waals surface area contributed by atoms with E-state index < -0.39 is 16.1 Å². The Kier molecular flexibility index (Phi) is 9.13. The molecule has 2 aliphatic heterocycles. The predicted molar refractivity (Wildman–Crippen MR) is 168 cm³/mol. The fraction of sp³-hybridized carbons (Fsp3) is 0.379. The van der Waals surface area contributed by atoms with Gasteiger partial charge in [0.2, 0.25) is 10.0 Å². The third-order valence-electron chi connectivity index (χ3n) is 8.18. The standard InChI is InChI=1S/C29H35ClN8O5S/c1-43-29(40)34-22-7-3-18(4-8-22)24-25(30)36-26(35-24)23-15-20(17-11-13-37(14-12-17)44(2,41)42)16-38(23)27(39)19-5-9-21(10-6-19)33-28(31)32/h3-10,17,20,23H,11-16H2,1-2H3,(H,34,40)(H,35,36)(H4,31,32,33). The number of guanidine groups is 1. The summed E-state index contributed by atoms with van der Waals surface area (Å²) in [4.78, 5) is 39.3. The number of imidazole rings is 1. The number of hydrogen-bond donors (Lipinski definition) is 4. The number of aromatic amines is 1. The van der Waals surface area contributed by atoms with Gasteiger partial charge in [0.25, 0.3) is 5.91 Å². The molecular weight excluding hydrogens is 608 g/mol. The number of anilines is 1. The van der Waals surface area contributed by atoms with E-state index in [4.69, 9.17) is 28.1 Å².